The van der Waals surface area contributed by atoms with Crippen molar-refractivity contribution in [3.05, 3.63) is 46.8 Å². The molecule has 86 valence electrons. The second-order valence-corrected chi connectivity index (χ2v) is 3.62. The average Bonchev–Trinajstić information content (AvgIpc) is 2.28. The third-order valence-electron chi connectivity index (χ3n) is 1.83. The van der Waals surface area contributed by atoms with Gasteiger partial charge in [0.15, 0.2) is 0 Å². The summed E-state index contributed by atoms with van der Waals surface area (Å²) in [5.74, 6) is -0.634. The monoisotopic (exact) mass is 261 g/mol. The van der Waals surface area contributed by atoms with Crippen LogP contribution in [-0.4, -0.2) is 18.3 Å². The summed E-state index contributed by atoms with van der Waals surface area (Å²) in [5.41, 5.74) is 0.126. The summed E-state index contributed by atoms with van der Waals surface area (Å²) in [5, 5.41) is 2.40. The molecule has 0 fully saturated rings. The Morgan fingerprint density at radius 3 is 2.88 bits per heavy atom. The third-order valence-corrected chi connectivity index (χ3v) is 2.39. The van der Waals surface area contributed by atoms with Crippen molar-refractivity contribution in [3.63, 3.8) is 0 Å². The Morgan fingerprint density at radius 2 is 2.19 bits per heavy atom. The number of carbonyl (C=O) groups excluding carboxylic acids is 1. The lowest BCUT2D eigenvalue weighted by molar-refractivity contribution is 0.0957. The molecule has 16 heavy (non-hydrogen) atoms. The number of rotatable bonds is 4. The maximum absolute atomic E-state index is 13.0. The number of nitrogens with one attached hydrogen (secondary N) is 1. The second kappa shape index (κ2) is 6.51. The van der Waals surface area contributed by atoms with Gasteiger partial charge in [-0.25, -0.2) is 4.39 Å². The van der Waals surface area contributed by atoms with Crippen molar-refractivity contribution >= 4 is 29.1 Å². The zero-order chi connectivity index (χ0) is 12.0. The van der Waals surface area contributed by atoms with Crippen LogP contribution in [0.3, 0.4) is 0 Å². The molecule has 0 aromatic heterocycles. The van der Waals surface area contributed by atoms with Crippen LogP contribution in [0.25, 0.3) is 0 Å². The largest absolute Gasteiger partial charge is 0.349 e. The van der Waals surface area contributed by atoms with E-state index in [9.17, 15) is 9.18 Å². The van der Waals surface area contributed by atoms with Crippen LogP contribution in [-0.2, 0) is 0 Å². The van der Waals surface area contributed by atoms with Crippen LogP contribution in [0.15, 0.2) is 30.4 Å². The number of allylic oxidation sites excluding steroid dienone is 1. The van der Waals surface area contributed by atoms with Gasteiger partial charge in [0.05, 0.1) is 10.6 Å². The van der Waals surface area contributed by atoms with Crippen molar-refractivity contribution in [3.8, 4) is 0 Å². The first-order valence-corrected chi connectivity index (χ1v) is 5.51. The first-order valence-electron chi connectivity index (χ1n) is 4.60. The molecule has 1 N–H and O–H groups in total. The number of halogens is 3. The van der Waals surface area contributed by atoms with Crippen LogP contribution < -0.4 is 5.32 Å². The van der Waals surface area contributed by atoms with Gasteiger partial charge >= 0.3 is 0 Å². The van der Waals surface area contributed by atoms with Crippen molar-refractivity contribution in [2.24, 2.45) is 0 Å². The minimum Gasteiger partial charge on any atom is -0.349 e. The summed E-state index contributed by atoms with van der Waals surface area (Å²) in [4.78, 5) is 11.6. The van der Waals surface area contributed by atoms with Crippen LogP contribution in [0.1, 0.15) is 10.4 Å². The van der Waals surface area contributed by atoms with Crippen LogP contribution >= 0.6 is 23.2 Å². The molecule has 2 nitrogen and oxygen atoms in total. The normalized spacial score (nSPS) is 10.7. The number of amides is 1. The molecule has 0 spiro atoms. The van der Waals surface area contributed by atoms with E-state index in [2.05, 4.69) is 5.32 Å². The van der Waals surface area contributed by atoms with Crippen LogP contribution in [0.4, 0.5) is 4.39 Å². The van der Waals surface area contributed by atoms with Gasteiger partial charge in [-0.2, -0.15) is 0 Å². The van der Waals surface area contributed by atoms with E-state index in [1.54, 1.807) is 12.2 Å². The highest BCUT2D eigenvalue weighted by molar-refractivity contribution is 6.34. The van der Waals surface area contributed by atoms with E-state index < -0.39 is 11.7 Å². The lowest BCUT2D eigenvalue weighted by Gasteiger charge is -2.04. The maximum atomic E-state index is 13.0. The predicted octanol–water partition coefficient (Wildman–Crippen LogP) is 3.00. The Hall–Kier alpha value is -1.06. The molecule has 0 unspecified atom stereocenters. The zero-order valence-electron chi connectivity index (χ0n) is 8.34. The van der Waals surface area contributed by atoms with Gasteiger partial charge in [-0.3, -0.25) is 4.79 Å². The van der Waals surface area contributed by atoms with Gasteiger partial charge in [-0.05, 0) is 12.1 Å². The summed E-state index contributed by atoms with van der Waals surface area (Å²) in [6.07, 6.45) is 3.41. The summed E-state index contributed by atoms with van der Waals surface area (Å²) in [6.45, 7) is 0.332. The highest BCUT2D eigenvalue weighted by Gasteiger charge is 2.11. The number of benzene rings is 1. The maximum Gasteiger partial charge on any atom is 0.253 e. The number of alkyl halides is 1. The number of hydrogen-bond acceptors (Lipinski definition) is 1. The second-order valence-electron chi connectivity index (χ2n) is 2.94. The average molecular weight is 262 g/mol. The lowest BCUT2D eigenvalue weighted by Crippen LogP contribution is -2.23. The van der Waals surface area contributed by atoms with Crippen molar-refractivity contribution in [1.82, 2.24) is 5.32 Å². The Labute approximate surface area is 103 Å². The van der Waals surface area contributed by atoms with Crippen molar-refractivity contribution in [1.29, 1.82) is 0 Å². The molecular formula is C11H10Cl2FNO. The fourth-order valence-corrected chi connectivity index (χ4v) is 1.41. The van der Waals surface area contributed by atoms with Crippen LogP contribution in [0, 0.1) is 5.82 Å². The standard InChI is InChI=1S/C11H10Cl2FNO/c12-6-1-2-7-15-11(16)8-4-3-5-9(14)10(8)13/h1-5H,6-7H2,(H,15,16)/b2-1+. The topological polar surface area (TPSA) is 29.1 Å². The molecule has 0 aliphatic carbocycles. The molecule has 0 saturated heterocycles. The Morgan fingerprint density at radius 1 is 1.44 bits per heavy atom. The Bertz CT molecular complexity index is 407. The van der Waals surface area contributed by atoms with Crippen LogP contribution in [0.2, 0.25) is 5.02 Å². The van der Waals surface area contributed by atoms with E-state index in [0.29, 0.717) is 12.4 Å². The predicted molar refractivity (Wildman–Crippen MR) is 63.6 cm³/mol. The molecule has 0 atom stereocenters. The van der Waals surface area contributed by atoms with Gasteiger partial charge in [0, 0.05) is 12.4 Å². The first kappa shape index (κ1) is 13.0. The van der Waals surface area contributed by atoms with E-state index in [4.69, 9.17) is 23.2 Å². The van der Waals surface area contributed by atoms with E-state index >= 15 is 0 Å². The fraction of sp³-hybridized carbons (Fsp3) is 0.182. The summed E-state index contributed by atoms with van der Waals surface area (Å²) in [6, 6.07) is 4.10. The van der Waals surface area contributed by atoms with Crippen molar-refractivity contribution < 1.29 is 9.18 Å². The summed E-state index contributed by atoms with van der Waals surface area (Å²) < 4.78 is 13.0. The van der Waals surface area contributed by atoms with E-state index in [-0.39, 0.29) is 10.6 Å². The highest BCUT2D eigenvalue weighted by atomic mass is 35.5. The van der Waals surface area contributed by atoms with E-state index in [0.717, 1.165) is 0 Å². The van der Waals surface area contributed by atoms with Gasteiger partial charge in [0.2, 0.25) is 0 Å². The molecule has 0 radical (unpaired) electrons. The SMILES string of the molecule is O=C(NC/C=C/CCl)c1cccc(F)c1Cl. The number of carbonyl (C=O) groups is 1. The smallest absolute Gasteiger partial charge is 0.253 e. The minimum atomic E-state index is -0.606. The van der Waals surface area contributed by atoms with E-state index in [1.165, 1.54) is 18.2 Å². The minimum absolute atomic E-state index is 0.126. The quantitative estimate of drug-likeness (QED) is 0.655. The van der Waals surface area contributed by atoms with Gasteiger partial charge in [-0.15, -0.1) is 11.6 Å². The molecule has 1 amide bonds. The van der Waals surface area contributed by atoms with Gasteiger partial charge in [0.25, 0.3) is 5.91 Å². The zero-order valence-corrected chi connectivity index (χ0v) is 9.85. The van der Waals surface area contributed by atoms with Crippen molar-refractivity contribution in [2.45, 2.75) is 0 Å². The molecule has 0 heterocycles. The van der Waals surface area contributed by atoms with Crippen molar-refractivity contribution in [2.75, 3.05) is 12.4 Å². The molecule has 0 bridgehead atoms. The highest BCUT2D eigenvalue weighted by Crippen LogP contribution is 2.19. The molecule has 5 heteroatoms. The lowest BCUT2D eigenvalue weighted by atomic mass is 10.2. The molecule has 0 aliphatic rings. The van der Waals surface area contributed by atoms with Crippen LogP contribution in [0.5, 0.6) is 0 Å². The fourth-order valence-electron chi connectivity index (χ4n) is 1.07. The third kappa shape index (κ3) is 3.51. The first-order chi connectivity index (χ1) is 7.66. The molecule has 0 saturated carbocycles. The summed E-state index contributed by atoms with van der Waals surface area (Å²) in [7, 11) is 0. The Kier molecular flexibility index (Phi) is 5.29. The Balaban J connectivity index is 2.66. The molecular weight excluding hydrogens is 252 g/mol. The molecule has 0 aliphatic heterocycles. The van der Waals surface area contributed by atoms with E-state index in [1.807, 2.05) is 0 Å². The van der Waals surface area contributed by atoms with Gasteiger partial charge in [-0.1, -0.05) is 29.8 Å². The summed E-state index contributed by atoms with van der Waals surface area (Å²) >= 11 is 11.1. The van der Waals surface area contributed by atoms with Gasteiger partial charge in [0.1, 0.15) is 5.82 Å². The molecule has 1 aromatic carbocycles. The number of hydrogen-bond donors (Lipinski definition) is 1. The van der Waals surface area contributed by atoms with Gasteiger partial charge < -0.3 is 5.32 Å². The molecule has 1 aromatic rings. The molecule has 1 rings (SSSR count).